The summed E-state index contributed by atoms with van der Waals surface area (Å²) in [5.74, 6) is 0.612. The SMILES string of the molecule is CCCCCNC(=O)c1ccc(Nc2ccc(Cl)cc2C)nc1. The number of rotatable bonds is 7. The van der Waals surface area contributed by atoms with Gasteiger partial charge in [0.05, 0.1) is 5.56 Å². The van der Waals surface area contributed by atoms with Crippen molar-refractivity contribution < 1.29 is 4.79 Å². The Balaban J connectivity index is 1.95. The minimum absolute atomic E-state index is 0.0807. The number of anilines is 2. The number of hydrogen-bond acceptors (Lipinski definition) is 3. The summed E-state index contributed by atoms with van der Waals surface area (Å²) in [5.41, 5.74) is 2.55. The highest BCUT2D eigenvalue weighted by molar-refractivity contribution is 6.30. The third kappa shape index (κ3) is 5.25. The highest BCUT2D eigenvalue weighted by atomic mass is 35.5. The van der Waals surface area contributed by atoms with Crippen LogP contribution >= 0.6 is 11.6 Å². The van der Waals surface area contributed by atoms with Crippen LogP contribution in [0.4, 0.5) is 11.5 Å². The zero-order chi connectivity index (χ0) is 16.7. The molecule has 23 heavy (non-hydrogen) atoms. The Kier molecular flexibility index (Phi) is 6.41. The van der Waals surface area contributed by atoms with E-state index in [1.807, 2.05) is 25.1 Å². The Bertz CT molecular complexity index is 656. The second-order valence-corrected chi connectivity index (χ2v) is 5.92. The van der Waals surface area contributed by atoms with E-state index in [0.717, 1.165) is 30.5 Å². The van der Waals surface area contributed by atoms with E-state index in [4.69, 9.17) is 11.6 Å². The fourth-order valence-corrected chi connectivity index (χ4v) is 2.41. The van der Waals surface area contributed by atoms with Gasteiger partial charge < -0.3 is 10.6 Å². The molecule has 1 heterocycles. The molecule has 0 fully saturated rings. The Hall–Kier alpha value is -2.07. The van der Waals surface area contributed by atoms with Gasteiger partial charge in [-0.1, -0.05) is 31.4 Å². The number of hydrogen-bond donors (Lipinski definition) is 2. The van der Waals surface area contributed by atoms with Crippen molar-refractivity contribution in [2.75, 3.05) is 11.9 Å². The number of amides is 1. The zero-order valence-corrected chi connectivity index (χ0v) is 14.3. The number of nitrogens with one attached hydrogen (secondary N) is 2. The highest BCUT2D eigenvalue weighted by Gasteiger charge is 2.06. The van der Waals surface area contributed by atoms with Gasteiger partial charge in [-0.3, -0.25) is 4.79 Å². The summed E-state index contributed by atoms with van der Waals surface area (Å²) in [6.45, 7) is 4.82. The van der Waals surface area contributed by atoms with Crippen LogP contribution in [0.3, 0.4) is 0 Å². The van der Waals surface area contributed by atoms with Crippen LogP contribution in [0.15, 0.2) is 36.5 Å². The fraction of sp³-hybridized carbons (Fsp3) is 0.333. The van der Waals surface area contributed by atoms with E-state index in [1.165, 1.54) is 0 Å². The maximum atomic E-state index is 12.0. The van der Waals surface area contributed by atoms with Gasteiger partial charge in [-0.2, -0.15) is 0 Å². The number of nitrogens with zero attached hydrogens (tertiary/aromatic N) is 1. The summed E-state index contributed by atoms with van der Waals surface area (Å²) < 4.78 is 0. The number of benzene rings is 1. The predicted molar refractivity (Wildman–Crippen MR) is 95.6 cm³/mol. The average molecular weight is 332 g/mol. The lowest BCUT2D eigenvalue weighted by Crippen LogP contribution is -2.24. The largest absolute Gasteiger partial charge is 0.352 e. The summed E-state index contributed by atoms with van der Waals surface area (Å²) in [6, 6.07) is 9.20. The van der Waals surface area contributed by atoms with Crippen LogP contribution in [0.1, 0.15) is 42.1 Å². The third-order valence-electron chi connectivity index (χ3n) is 3.54. The Morgan fingerprint density at radius 1 is 1.22 bits per heavy atom. The van der Waals surface area contributed by atoms with Gasteiger partial charge in [0.25, 0.3) is 5.91 Å². The molecule has 1 aromatic heterocycles. The quantitative estimate of drug-likeness (QED) is 0.722. The molecule has 1 amide bonds. The molecule has 0 aliphatic rings. The fourth-order valence-electron chi connectivity index (χ4n) is 2.19. The van der Waals surface area contributed by atoms with Crippen molar-refractivity contribution in [1.29, 1.82) is 0 Å². The minimum Gasteiger partial charge on any atom is -0.352 e. The monoisotopic (exact) mass is 331 g/mol. The maximum Gasteiger partial charge on any atom is 0.252 e. The minimum atomic E-state index is -0.0807. The molecule has 0 aliphatic heterocycles. The van der Waals surface area contributed by atoms with Gasteiger partial charge in [-0.05, 0) is 49.2 Å². The zero-order valence-electron chi connectivity index (χ0n) is 13.5. The van der Waals surface area contributed by atoms with Gasteiger partial charge in [0.15, 0.2) is 0 Å². The summed E-state index contributed by atoms with van der Waals surface area (Å²) in [6.07, 6.45) is 4.86. The lowest BCUT2D eigenvalue weighted by atomic mass is 10.2. The molecule has 1 aromatic carbocycles. The van der Waals surface area contributed by atoms with Crippen molar-refractivity contribution in [3.8, 4) is 0 Å². The summed E-state index contributed by atoms with van der Waals surface area (Å²) >= 11 is 5.95. The second-order valence-electron chi connectivity index (χ2n) is 5.48. The normalized spacial score (nSPS) is 10.4. The van der Waals surface area contributed by atoms with Crippen LogP contribution in [0.2, 0.25) is 5.02 Å². The molecule has 0 radical (unpaired) electrons. The van der Waals surface area contributed by atoms with Crippen LogP contribution in [0.5, 0.6) is 0 Å². The number of aromatic nitrogens is 1. The third-order valence-corrected chi connectivity index (χ3v) is 3.78. The first-order chi connectivity index (χ1) is 11.1. The van der Waals surface area contributed by atoms with Crippen LogP contribution in [0.25, 0.3) is 0 Å². The topological polar surface area (TPSA) is 54.0 Å². The van der Waals surface area contributed by atoms with E-state index in [9.17, 15) is 4.79 Å². The van der Waals surface area contributed by atoms with Gasteiger partial charge in [-0.25, -0.2) is 4.98 Å². The van der Waals surface area contributed by atoms with E-state index in [0.29, 0.717) is 22.9 Å². The van der Waals surface area contributed by atoms with Crippen molar-refractivity contribution in [1.82, 2.24) is 10.3 Å². The molecular formula is C18H22ClN3O. The van der Waals surface area contributed by atoms with E-state index < -0.39 is 0 Å². The molecule has 2 N–H and O–H groups in total. The van der Waals surface area contributed by atoms with Crippen molar-refractivity contribution in [3.63, 3.8) is 0 Å². The van der Waals surface area contributed by atoms with E-state index in [2.05, 4.69) is 22.5 Å². The van der Waals surface area contributed by atoms with Crippen LogP contribution in [-0.4, -0.2) is 17.4 Å². The van der Waals surface area contributed by atoms with Crippen molar-refractivity contribution in [2.24, 2.45) is 0 Å². The standard InChI is InChI=1S/C18H22ClN3O/c1-3-4-5-10-20-18(23)14-6-9-17(21-12-14)22-16-8-7-15(19)11-13(16)2/h6-9,11-12H,3-5,10H2,1-2H3,(H,20,23)(H,21,22). The molecule has 122 valence electrons. The average Bonchev–Trinajstić information content (AvgIpc) is 2.55. The van der Waals surface area contributed by atoms with Crippen LogP contribution in [-0.2, 0) is 0 Å². The number of aryl methyl sites for hydroxylation is 1. The molecule has 5 heteroatoms. The molecule has 4 nitrogen and oxygen atoms in total. The molecular weight excluding hydrogens is 310 g/mol. The molecule has 0 unspecified atom stereocenters. The number of unbranched alkanes of at least 4 members (excludes halogenated alkanes) is 2. The van der Waals surface area contributed by atoms with Gasteiger partial charge in [0, 0.05) is 23.5 Å². The lowest BCUT2D eigenvalue weighted by molar-refractivity contribution is 0.0952. The number of carbonyl (C=O) groups is 1. The van der Waals surface area contributed by atoms with Crippen LogP contribution in [0, 0.1) is 6.92 Å². The van der Waals surface area contributed by atoms with Crippen molar-refractivity contribution in [2.45, 2.75) is 33.1 Å². The van der Waals surface area contributed by atoms with E-state index in [1.54, 1.807) is 18.3 Å². The molecule has 2 rings (SSSR count). The summed E-state index contributed by atoms with van der Waals surface area (Å²) in [5, 5.41) is 6.83. The molecule has 0 spiro atoms. The first-order valence-corrected chi connectivity index (χ1v) is 8.25. The summed E-state index contributed by atoms with van der Waals surface area (Å²) in [4.78, 5) is 16.3. The second kappa shape index (κ2) is 8.53. The lowest BCUT2D eigenvalue weighted by Gasteiger charge is -2.10. The summed E-state index contributed by atoms with van der Waals surface area (Å²) in [7, 11) is 0. The Morgan fingerprint density at radius 3 is 2.70 bits per heavy atom. The number of pyridine rings is 1. The molecule has 2 aromatic rings. The van der Waals surface area contributed by atoms with Gasteiger partial charge >= 0.3 is 0 Å². The molecule has 0 saturated heterocycles. The first kappa shape index (κ1) is 17.3. The van der Waals surface area contributed by atoms with Crippen molar-refractivity contribution >= 4 is 29.0 Å². The highest BCUT2D eigenvalue weighted by Crippen LogP contribution is 2.22. The smallest absolute Gasteiger partial charge is 0.252 e. The maximum absolute atomic E-state index is 12.0. The van der Waals surface area contributed by atoms with Crippen LogP contribution < -0.4 is 10.6 Å². The molecule has 0 aliphatic carbocycles. The van der Waals surface area contributed by atoms with E-state index >= 15 is 0 Å². The molecule has 0 atom stereocenters. The number of carbonyl (C=O) groups excluding carboxylic acids is 1. The molecule has 0 bridgehead atoms. The first-order valence-electron chi connectivity index (χ1n) is 7.87. The van der Waals surface area contributed by atoms with E-state index in [-0.39, 0.29) is 5.91 Å². The molecule has 0 saturated carbocycles. The van der Waals surface area contributed by atoms with Gasteiger partial charge in [0.1, 0.15) is 5.82 Å². The van der Waals surface area contributed by atoms with Gasteiger partial charge in [-0.15, -0.1) is 0 Å². The number of halogens is 1. The van der Waals surface area contributed by atoms with Crippen molar-refractivity contribution in [3.05, 3.63) is 52.7 Å². The Labute approximate surface area is 142 Å². The predicted octanol–water partition coefficient (Wildman–Crippen LogP) is 4.71. The Morgan fingerprint density at radius 2 is 2.04 bits per heavy atom. The van der Waals surface area contributed by atoms with Gasteiger partial charge in [0.2, 0.25) is 0 Å².